The maximum Gasteiger partial charge on any atom is 0.125 e. The molecule has 0 spiro atoms. The number of thiophene rings is 1. The average Bonchev–Trinajstić information content (AvgIpc) is 3.33. The van der Waals surface area contributed by atoms with Crippen molar-refractivity contribution < 1.29 is 0 Å². The molecule has 5 rings (SSSR count). The highest BCUT2D eigenvalue weighted by Gasteiger charge is 2.34. The summed E-state index contributed by atoms with van der Waals surface area (Å²) in [6, 6.07) is 10.7. The van der Waals surface area contributed by atoms with Gasteiger partial charge in [-0.3, -0.25) is 4.90 Å². The minimum Gasteiger partial charge on any atom is -0.355 e. The molecule has 6 heteroatoms. The third kappa shape index (κ3) is 2.76. The first-order chi connectivity index (χ1) is 13.0. The van der Waals surface area contributed by atoms with Crippen LogP contribution in [-0.2, 0) is 0 Å². The SMILES string of the molecule is CN1CC=C(c2cc3c(Nc4ccc5scnc5c4)ccnc3s2)C1(C)C. The summed E-state index contributed by atoms with van der Waals surface area (Å²) in [5.74, 6) is 0. The third-order valence-corrected chi connectivity index (χ3v) is 7.38. The molecular formula is C21H20N4S2. The molecule has 0 atom stereocenters. The van der Waals surface area contributed by atoms with Crippen LogP contribution in [-0.4, -0.2) is 34.0 Å². The van der Waals surface area contributed by atoms with Gasteiger partial charge in [-0.15, -0.1) is 22.7 Å². The molecule has 0 saturated carbocycles. The van der Waals surface area contributed by atoms with Crippen molar-refractivity contribution in [2.45, 2.75) is 19.4 Å². The molecule has 0 saturated heterocycles. The number of anilines is 2. The topological polar surface area (TPSA) is 41.0 Å². The van der Waals surface area contributed by atoms with Crippen molar-refractivity contribution in [1.29, 1.82) is 0 Å². The van der Waals surface area contributed by atoms with E-state index >= 15 is 0 Å². The number of fused-ring (bicyclic) bond motifs is 2. The third-order valence-electron chi connectivity index (χ3n) is 5.49. The summed E-state index contributed by atoms with van der Waals surface area (Å²) >= 11 is 3.44. The summed E-state index contributed by atoms with van der Waals surface area (Å²) in [4.78, 5) is 13.8. The molecule has 4 heterocycles. The number of aromatic nitrogens is 2. The van der Waals surface area contributed by atoms with Crippen LogP contribution in [0.1, 0.15) is 18.7 Å². The van der Waals surface area contributed by atoms with E-state index < -0.39 is 0 Å². The lowest BCUT2D eigenvalue weighted by Crippen LogP contribution is -2.37. The lowest BCUT2D eigenvalue weighted by Gasteiger charge is -2.30. The van der Waals surface area contributed by atoms with Crippen molar-refractivity contribution in [2.75, 3.05) is 18.9 Å². The summed E-state index contributed by atoms with van der Waals surface area (Å²) in [6.07, 6.45) is 4.22. The summed E-state index contributed by atoms with van der Waals surface area (Å²) in [5, 5.41) is 4.73. The van der Waals surface area contributed by atoms with E-state index in [4.69, 9.17) is 0 Å². The van der Waals surface area contributed by atoms with Gasteiger partial charge in [0.05, 0.1) is 21.4 Å². The lowest BCUT2D eigenvalue weighted by atomic mass is 9.94. The highest BCUT2D eigenvalue weighted by molar-refractivity contribution is 7.19. The number of likely N-dealkylation sites (N-methyl/N-ethyl adjacent to an activating group) is 1. The highest BCUT2D eigenvalue weighted by atomic mass is 32.1. The molecule has 27 heavy (non-hydrogen) atoms. The smallest absolute Gasteiger partial charge is 0.125 e. The molecule has 0 fully saturated rings. The van der Waals surface area contributed by atoms with Gasteiger partial charge in [-0.25, -0.2) is 9.97 Å². The predicted octanol–water partition coefficient (Wildman–Crippen LogP) is 5.76. The normalized spacial score (nSPS) is 16.9. The minimum absolute atomic E-state index is 0.0458. The number of nitrogens with zero attached hydrogens (tertiary/aromatic N) is 3. The largest absolute Gasteiger partial charge is 0.355 e. The Kier molecular flexibility index (Phi) is 3.82. The first kappa shape index (κ1) is 16.9. The van der Waals surface area contributed by atoms with E-state index in [0.717, 1.165) is 28.3 Å². The molecule has 136 valence electrons. The number of hydrogen-bond acceptors (Lipinski definition) is 6. The van der Waals surface area contributed by atoms with Crippen molar-refractivity contribution in [3.63, 3.8) is 0 Å². The van der Waals surface area contributed by atoms with E-state index in [1.165, 1.54) is 20.5 Å². The van der Waals surface area contributed by atoms with Gasteiger partial charge in [0, 0.05) is 34.2 Å². The Hall–Kier alpha value is -2.28. The van der Waals surface area contributed by atoms with Gasteiger partial charge in [0.25, 0.3) is 0 Å². The Labute approximate surface area is 166 Å². The monoisotopic (exact) mass is 392 g/mol. The van der Waals surface area contributed by atoms with E-state index in [2.05, 4.69) is 71.4 Å². The van der Waals surface area contributed by atoms with E-state index in [1.807, 2.05) is 17.8 Å². The molecule has 1 aliphatic heterocycles. The maximum absolute atomic E-state index is 4.61. The van der Waals surface area contributed by atoms with Crippen molar-refractivity contribution in [2.24, 2.45) is 0 Å². The summed E-state index contributed by atoms with van der Waals surface area (Å²) in [5.41, 5.74) is 6.49. The second-order valence-corrected chi connectivity index (χ2v) is 9.32. The second-order valence-electron chi connectivity index (χ2n) is 7.41. The first-order valence-corrected chi connectivity index (χ1v) is 10.6. The number of rotatable bonds is 3. The number of nitrogens with one attached hydrogen (secondary N) is 1. The summed E-state index contributed by atoms with van der Waals surface area (Å²) in [7, 11) is 2.18. The molecule has 3 aromatic heterocycles. The van der Waals surface area contributed by atoms with Gasteiger partial charge in [-0.1, -0.05) is 6.08 Å². The van der Waals surface area contributed by atoms with Crippen LogP contribution < -0.4 is 5.32 Å². The standard InChI is InChI=1S/C21H20N4S2/c1-21(2)15(7-9-25(21)3)19-11-14-16(6-8-22-20(14)27-19)24-13-4-5-18-17(10-13)23-12-26-18/h4-8,10-12H,9H2,1-3H3,(H,22,24). The van der Waals surface area contributed by atoms with Crippen LogP contribution in [0.15, 0.2) is 48.1 Å². The van der Waals surface area contributed by atoms with Gasteiger partial charge in [0.15, 0.2) is 0 Å². The zero-order valence-electron chi connectivity index (χ0n) is 15.5. The highest BCUT2D eigenvalue weighted by Crippen LogP contribution is 2.42. The molecule has 1 aliphatic rings. The second kappa shape index (κ2) is 6.12. The summed E-state index contributed by atoms with van der Waals surface area (Å²) < 4.78 is 1.21. The van der Waals surface area contributed by atoms with E-state index in [1.54, 1.807) is 22.7 Å². The fourth-order valence-electron chi connectivity index (χ4n) is 3.59. The van der Waals surface area contributed by atoms with Gasteiger partial charge < -0.3 is 5.32 Å². The van der Waals surface area contributed by atoms with Crippen LogP contribution >= 0.6 is 22.7 Å². The minimum atomic E-state index is 0.0458. The maximum atomic E-state index is 4.61. The molecule has 1 N–H and O–H groups in total. The Morgan fingerprint density at radius 2 is 2.04 bits per heavy atom. The van der Waals surface area contributed by atoms with E-state index in [0.29, 0.717) is 0 Å². The van der Waals surface area contributed by atoms with Crippen LogP contribution in [0.2, 0.25) is 0 Å². The molecule has 0 radical (unpaired) electrons. The van der Waals surface area contributed by atoms with Crippen molar-refractivity contribution >= 4 is 60.1 Å². The number of pyridine rings is 1. The van der Waals surface area contributed by atoms with E-state index in [-0.39, 0.29) is 5.54 Å². The fraction of sp³-hybridized carbons (Fsp3) is 0.238. The molecule has 0 bridgehead atoms. The molecule has 0 unspecified atom stereocenters. The Morgan fingerprint density at radius 3 is 2.85 bits per heavy atom. The van der Waals surface area contributed by atoms with Crippen LogP contribution in [0.5, 0.6) is 0 Å². The zero-order chi connectivity index (χ0) is 18.6. The van der Waals surface area contributed by atoms with Gasteiger partial charge in [0.1, 0.15) is 4.83 Å². The Balaban J connectivity index is 1.55. The Morgan fingerprint density at radius 1 is 1.15 bits per heavy atom. The van der Waals surface area contributed by atoms with Gasteiger partial charge >= 0.3 is 0 Å². The van der Waals surface area contributed by atoms with Crippen LogP contribution in [0.3, 0.4) is 0 Å². The van der Waals surface area contributed by atoms with Gasteiger partial charge in [-0.05, 0) is 56.8 Å². The number of hydrogen-bond donors (Lipinski definition) is 1. The predicted molar refractivity (Wildman–Crippen MR) is 117 cm³/mol. The van der Waals surface area contributed by atoms with Crippen LogP contribution in [0.25, 0.3) is 26.0 Å². The van der Waals surface area contributed by atoms with Gasteiger partial charge in [-0.2, -0.15) is 0 Å². The quantitative estimate of drug-likeness (QED) is 0.481. The summed E-state index contributed by atoms with van der Waals surface area (Å²) in [6.45, 7) is 5.56. The van der Waals surface area contributed by atoms with Crippen LogP contribution in [0.4, 0.5) is 11.4 Å². The van der Waals surface area contributed by atoms with Crippen molar-refractivity contribution in [3.8, 4) is 0 Å². The number of benzene rings is 1. The average molecular weight is 393 g/mol. The van der Waals surface area contributed by atoms with Crippen molar-refractivity contribution in [1.82, 2.24) is 14.9 Å². The zero-order valence-corrected chi connectivity index (χ0v) is 17.1. The molecule has 1 aromatic carbocycles. The number of thiazole rings is 1. The Bertz CT molecular complexity index is 1190. The molecule has 0 amide bonds. The van der Waals surface area contributed by atoms with Crippen molar-refractivity contribution in [3.05, 3.63) is 53.0 Å². The van der Waals surface area contributed by atoms with Crippen LogP contribution in [0, 0.1) is 0 Å². The fourth-order valence-corrected chi connectivity index (χ4v) is 5.47. The molecule has 0 aliphatic carbocycles. The molecular weight excluding hydrogens is 372 g/mol. The first-order valence-electron chi connectivity index (χ1n) is 8.93. The van der Waals surface area contributed by atoms with E-state index in [9.17, 15) is 0 Å². The lowest BCUT2D eigenvalue weighted by molar-refractivity contribution is 0.256. The van der Waals surface area contributed by atoms with Gasteiger partial charge in [0.2, 0.25) is 0 Å². The molecule has 4 nitrogen and oxygen atoms in total. The molecule has 4 aromatic rings.